The van der Waals surface area contributed by atoms with Crippen molar-refractivity contribution in [1.29, 1.82) is 0 Å². The molecule has 1 unspecified atom stereocenters. The second-order valence-electron chi connectivity index (χ2n) is 6.79. The fraction of sp³-hybridized carbons (Fsp3) is 0.250. The largest absolute Gasteiger partial charge is 0.395 e. The molecular weight excluding hydrogens is 401 g/mol. The van der Waals surface area contributed by atoms with Crippen LogP contribution in [-0.4, -0.2) is 42.4 Å². The number of carbonyl (C=O) groups excluding carboxylic acids is 3. The number of aliphatic hydroxyl groups is 1. The van der Waals surface area contributed by atoms with E-state index >= 15 is 0 Å². The van der Waals surface area contributed by atoms with Crippen LogP contribution in [0.1, 0.15) is 26.3 Å². The molecular formula is C20H19ClFN3O4. The minimum atomic E-state index is -1.65. The quantitative estimate of drug-likeness (QED) is 0.529. The Kier molecular flexibility index (Phi) is 5.86. The van der Waals surface area contributed by atoms with Gasteiger partial charge in [-0.1, -0.05) is 23.7 Å². The van der Waals surface area contributed by atoms with Crippen LogP contribution in [0.3, 0.4) is 0 Å². The Labute approximate surface area is 171 Å². The van der Waals surface area contributed by atoms with Crippen molar-refractivity contribution in [1.82, 2.24) is 5.32 Å². The maximum atomic E-state index is 14.5. The maximum Gasteiger partial charge on any atom is 0.251 e. The highest BCUT2D eigenvalue weighted by atomic mass is 35.5. The zero-order valence-corrected chi connectivity index (χ0v) is 16.1. The van der Waals surface area contributed by atoms with Gasteiger partial charge < -0.3 is 21.5 Å². The predicted octanol–water partition coefficient (Wildman–Crippen LogP) is 1.52. The molecule has 3 rings (SSSR count). The fourth-order valence-corrected chi connectivity index (χ4v) is 3.45. The monoisotopic (exact) mass is 419 g/mol. The summed E-state index contributed by atoms with van der Waals surface area (Å²) in [6, 6.07) is 8.82. The van der Waals surface area contributed by atoms with Crippen molar-refractivity contribution in [2.24, 2.45) is 11.1 Å². The van der Waals surface area contributed by atoms with E-state index in [1.54, 1.807) is 24.3 Å². The molecule has 0 saturated heterocycles. The topological polar surface area (TPSA) is 122 Å². The number of nitrogens with one attached hydrogen (secondary N) is 2. The molecule has 152 valence electrons. The smallest absolute Gasteiger partial charge is 0.251 e. The molecule has 0 radical (unpaired) electrons. The first kappa shape index (κ1) is 20.8. The SMILES string of the molecule is NC(=O)C1(Cc2ccc(Cl)cc2)CNc2c(F)cc(C(=O)NCCO)cc2C1=O. The zero-order chi connectivity index (χ0) is 21.2. The lowest BCUT2D eigenvalue weighted by molar-refractivity contribution is -0.124. The van der Waals surface area contributed by atoms with Gasteiger partial charge in [0.05, 0.1) is 12.3 Å². The minimum absolute atomic E-state index is 0.00662. The number of aliphatic hydroxyl groups excluding tert-OH is 1. The van der Waals surface area contributed by atoms with Gasteiger partial charge in [-0.05, 0) is 36.2 Å². The van der Waals surface area contributed by atoms with Crippen LogP contribution in [0.15, 0.2) is 36.4 Å². The number of nitrogens with two attached hydrogens (primary N) is 1. The number of anilines is 1. The number of fused-ring (bicyclic) bond motifs is 1. The Balaban J connectivity index is 2.02. The number of hydrogen-bond donors (Lipinski definition) is 4. The summed E-state index contributed by atoms with van der Waals surface area (Å²) in [5.74, 6) is -2.97. The summed E-state index contributed by atoms with van der Waals surface area (Å²) in [7, 11) is 0. The number of Topliss-reactive ketones (excluding diaryl/α,β-unsaturated/α-hetero) is 1. The van der Waals surface area contributed by atoms with Crippen molar-refractivity contribution in [2.45, 2.75) is 6.42 Å². The van der Waals surface area contributed by atoms with Gasteiger partial charge in [-0.25, -0.2) is 4.39 Å². The van der Waals surface area contributed by atoms with Crippen molar-refractivity contribution in [3.8, 4) is 0 Å². The standard InChI is InChI=1S/C20H19ClFN3O4/c21-13-3-1-11(2-4-13)9-20(19(23)29)10-25-16-14(17(20)27)7-12(8-15(16)22)18(28)24-5-6-26/h1-4,7-8,25-26H,5-6,9-10H2,(H2,23,29)(H,24,28). The van der Waals surface area contributed by atoms with E-state index < -0.39 is 28.8 Å². The summed E-state index contributed by atoms with van der Waals surface area (Å²) in [4.78, 5) is 37.8. The zero-order valence-electron chi connectivity index (χ0n) is 15.3. The molecule has 1 atom stereocenters. The average molecular weight is 420 g/mol. The van der Waals surface area contributed by atoms with E-state index in [9.17, 15) is 18.8 Å². The first-order chi connectivity index (χ1) is 13.8. The molecule has 0 aromatic heterocycles. The Bertz CT molecular complexity index is 980. The van der Waals surface area contributed by atoms with Gasteiger partial charge in [0.2, 0.25) is 5.91 Å². The lowest BCUT2D eigenvalue weighted by Crippen LogP contribution is -2.53. The summed E-state index contributed by atoms with van der Waals surface area (Å²) in [6.45, 7) is -0.485. The van der Waals surface area contributed by atoms with Gasteiger partial charge in [0.25, 0.3) is 5.91 Å². The molecule has 7 nitrogen and oxygen atoms in total. The third-order valence-electron chi connectivity index (χ3n) is 4.89. The number of amides is 2. The molecule has 5 N–H and O–H groups in total. The molecule has 2 aromatic rings. The van der Waals surface area contributed by atoms with Crippen molar-refractivity contribution in [3.05, 3.63) is 63.9 Å². The number of primary amides is 1. The number of hydrogen-bond acceptors (Lipinski definition) is 5. The Morgan fingerprint density at radius 3 is 2.59 bits per heavy atom. The molecule has 1 aliphatic heterocycles. The Morgan fingerprint density at radius 2 is 1.97 bits per heavy atom. The lowest BCUT2D eigenvalue weighted by Gasteiger charge is -2.35. The maximum absolute atomic E-state index is 14.5. The van der Waals surface area contributed by atoms with Crippen LogP contribution >= 0.6 is 11.6 Å². The lowest BCUT2D eigenvalue weighted by atomic mass is 9.72. The predicted molar refractivity (Wildman–Crippen MR) is 105 cm³/mol. The average Bonchev–Trinajstić information content (AvgIpc) is 2.70. The molecule has 0 aliphatic carbocycles. The van der Waals surface area contributed by atoms with Gasteiger partial charge in [0.15, 0.2) is 5.78 Å². The van der Waals surface area contributed by atoms with Gasteiger partial charge in [-0.3, -0.25) is 14.4 Å². The third kappa shape index (κ3) is 3.94. The summed E-state index contributed by atoms with van der Waals surface area (Å²) >= 11 is 5.88. The third-order valence-corrected chi connectivity index (χ3v) is 5.14. The summed E-state index contributed by atoms with van der Waals surface area (Å²) in [5.41, 5.74) is 4.30. The molecule has 1 heterocycles. The molecule has 29 heavy (non-hydrogen) atoms. The van der Waals surface area contributed by atoms with Gasteiger partial charge >= 0.3 is 0 Å². The van der Waals surface area contributed by atoms with Gasteiger partial charge in [-0.15, -0.1) is 0 Å². The fourth-order valence-electron chi connectivity index (χ4n) is 3.32. The van der Waals surface area contributed by atoms with E-state index in [1.165, 1.54) is 6.07 Å². The molecule has 0 bridgehead atoms. The second kappa shape index (κ2) is 8.18. The van der Waals surface area contributed by atoms with Crippen molar-refractivity contribution < 1.29 is 23.9 Å². The van der Waals surface area contributed by atoms with Crippen molar-refractivity contribution in [3.63, 3.8) is 0 Å². The molecule has 2 aromatic carbocycles. The van der Waals surface area contributed by atoms with Crippen LogP contribution in [0.25, 0.3) is 0 Å². The van der Waals surface area contributed by atoms with Crippen molar-refractivity contribution in [2.75, 3.05) is 25.0 Å². The highest BCUT2D eigenvalue weighted by Crippen LogP contribution is 2.37. The summed E-state index contributed by atoms with van der Waals surface area (Å²) < 4.78 is 14.5. The van der Waals surface area contributed by atoms with Crippen LogP contribution in [-0.2, 0) is 11.2 Å². The molecule has 9 heteroatoms. The van der Waals surface area contributed by atoms with Gasteiger partial charge in [0.1, 0.15) is 11.2 Å². The van der Waals surface area contributed by atoms with E-state index in [0.29, 0.717) is 10.6 Å². The Hall–Kier alpha value is -2.97. The van der Waals surface area contributed by atoms with Crippen LogP contribution in [0.5, 0.6) is 0 Å². The molecule has 0 fully saturated rings. The minimum Gasteiger partial charge on any atom is -0.395 e. The molecule has 0 saturated carbocycles. The molecule has 0 spiro atoms. The van der Waals surface area contributed by atoms with E-state index in [-0.39, 0.29) is 42.9 Å². The van der Waals surface area contributed by atoms with Gasteiger partial charge in [-0.2, -0.15) is 0 Å². The first-order valence-corrected chi connectivity index (χ1v) is 9.22. The van der Waals surface area contributed by atoms with Gasteiger partial charge in [0, 0.05) is 29.2 Å². The number of benzene rings is 2. The summed E-state index contributed by atoms with van der Waals surface area (Å²) in [5, 5.41) is 14.5. The van der Waals surface area contributed by atoms with Crippen molar-refractivity contribution >= 4 is 34.9 Å². The highest BCUT2D eigenvalue weighted by Gasteiger charge is 2.48. The van der Waals surface area contributed by atoms with E-state index in [4.69, 9.17) is 22.4 Å². The Morgan fingerprint density at radius 1 is 1.28 bits per heavy atom. The van der Waals surface area contributed by atoms with Crippen LogP contribution in [0, 0.1) is 11.2 Å². The van der Waals surface area contributed by atoms with E-state index in [1.807, 2.05) is 0 Å². The highest BCUT2D eigenvalue weighted by molar-refractivity contribution is 6.30. The second-order valence-corrected chi connectivity index (χ2v) is 7.23. The number of ketones is 1. The van der Waals surface area contributed by atoms with Crippen LogP contribution < -0.4 is 16.4 Å². The van der Waals surface area contributed by atoms with E-state index in [2.05, 4.69) is 10.6 Å². The number of rotatable bonds is 6. The first-order valence-electron chi connectivity index (χ1n) is 8.84. The van der Waals surface area contributed by atoms with Crippen LogP contribution in [0.2, 0.25) is 5.02 Å². The molecule has 1 aliphatic rings. The van der Waals surface area contributed by atoms with Crippen LogP contribution in [0.4, 0.5) is 10.1 Å². The number of carbonyl (C=O) groups is 3. The summed E-state index contributed by atoms with van der Waals surface area (Å²) in [6.07, 6.45) is -0.00662. The normalized spacial score (nSPS) is 18.0. The van der Waals surface area contributed by atoms with E-state index in [0.717, 1.165) is 6.07 Å². The molecule has 2 amide bonds. The number of halogens is 2.